The molecule has 2 aliphatic heterocycles. The van der Waals surface area contributed by atoms with Gasteiger partial charge in [0.25, 0.3) is 0 Å². The molecule has 0 saturated carbocycles. The molecule has 2 N–H and O–H groups in total. The van der Waals surface area contributed by atoms with Crippen LogP contribution in [0.25, 0.3) is 0 Å². The Hall–Kier alpha value is -1.43. The molecule has 1 aromatic carbocycles. The van der Waals surface area contributed by atoms with Gasteiger partial charge in [0.2, 0.25) is 5.91 Å². The summed E-state index contributed by atoms with van der Waals surface area (Å²) in [6.45, 7) is 6.05. The summed E-state index contributed by atoms with van der Waals surface area (Å²) >= 11 is 0. The largest absolute Gasteiger partial charge is 0.355 e. The van der Waals surface area contributed by atoms with Gasteiger partial charge in [0.1, 0.15) is 0 Å². The molecule has 3 rings (SSSR count). The smallest absolute Gasteiger partial charge is 0.237 e. The van der Waals surface area contributed by atoms with Crippen molar-refractivity contribution < 1.29 is 4.79 Å². The number of carbonyl (C=O) groups is 1. The minimum Gasteiger partial charge on any atom is -0.355 e. The Bertz CT molecular complexity index is 515. The highest BCUT2D eigenvalue weighted by atomic mass is 16.2. The molecule has 0 radical (unpaired) electrons. The maximum Gasteiger partial charge on any atom is 0.237 e. The molecule has 0 aromatic heterocycles. The number of hydrogen-bond donors (Lipinski definition) is 2. The summed E-state index contributed by atoms with van der Waals surface area (Å²) < 4.78 is 0. The van der Waals surface area contributed by atoms with Gasteiger partial charge in [0, 0.05) is 38.8 Å². The average molecular weight is 330 g/mol. The van der Waals surface area contributed by atoms with Gasteiger partial charge in [-0.15, -0.1) is 0 Å². The summed E-state index contributed by atoms with van der Waals surface area (Å²) in [4.78, 5) is 17.0. The first-order valence-corrected chi connectivity index (χ1v) is 9.22. The van der Waals surface area contributed by atoms with Crippen LogP contribution in [0.3, 0.4) is 0 Å². The van der Waals surface area contributed by atoms with E-state index in [4.69, 9.17) is 0 Å². The molecule has 5 heteroatoms. The van der Waals surface area contributed by atoms with Crippen LogP contribution < -0.4 is 10.6 Å². The second-order valence-electron chi connectivity index (χ2n) is 7.02. The Labute approximate surface area is 145 Å². The van der Waals surface area contributed by atoms with Gasteiger partial charge < -0.3 is 15.5 Å². The van der Waals surface area contributed by atoms with Gasteiger partial charge in [-0.05, 0) is 38.4 Å². The molecule has 1 aromatic rings. The van der Waals surface area contributed by atoms with Crippen LogP contribution in [0.4, 0.5) is 0 Å². The maximum atomic E-state index is 12.0. The lowest BCUT2D eigenvalue weighted by Crippen LogP contribution is -2.47. The quantitative estimate of drug-likeness (QED) is 0.771. The molecule has 24 heavy (non-hydrogen) atoms. The van der Waals surface area contributed by atoms with Crippen LogP contribution in [0.15, 0.2) is 30.3 Å². The van der Waals surface area contributed by atoms with Crippen molar-refractivity contribution >= 4 is 5.91 Å². The Morgan fingerprint density at radius 3 is 2.88 bits per heavy atom. The van der Waals surface area contributed by atoms with Gasteiger partial charge in [0.15, 0.2) is 0 Å². The molecule has 0 bridgehead atoms. The number of benzene rings is 1. The third-order valence-electron chi connectivity index (χ3n) is 5.18. The fraction of sp³-hybridized carbons (Fsp3) is 0.632. The predicted octanol–water partition coefficient (Wildman–Crippen LogP) is 1.23. The van der Waals surface area contributed by atoms with E-state index in [-0.39, 0.29) is 11.9 Å². The SMILES string of the molecule is CN1CCN(CCCNC(=O)[C@H]2CCCN2)[C@@H](c2ccccc2)C1. The number of likely N-dealkylation sites (N-methyl/N-ethyl adjacent to an activating group) is 1. The van der Waals surface area contributed by atoms with E-state index in [0.29, 0.717) is 6.04 Å². The van der Waals surface area contributed by atoms with Gasteiger partial charge in [-0.2, -0.15) is 0 Å². The van der Waals surface area contributed by atoms with E-state index in [0.717, 1.165) is 58.5 Å². The van der Waals surface area contributed by atoms with E-state index in [9.17, 15) is 4.79 Å². The van der Waals surface area contributed by atoms with E-state index in [1.807, 2.05) is 0 Å². The summed E-state index contributed by atoms with van der Waals surface area (Å²) in [7, 11) is 2.20. The number of hydrogen-bond acceptors (Lipinski definition) is 4. The minimum absolute atomic E-state index is 0.0331. The highest BCUT2D eigenvalue weighted by molar-refractivity contribution is 5.81. The summed E-state index contributed by atoms with van der Waals surface area (Å²) in [5.74, 6) is 0.172. The topological polar surface area (TPSA) is 47.6 Å². The minimum atomic E-state index is 0.0331. The van der Waals surface area contributed by atoms with Crippen LogP contribution >= 0.6 is 0 Å². The number of nitrogens with zero attached hydrogens (tertiary/aromatic N) is 2. The van der Waals surface area contributed by atoms with Crippen molar-refractivity contribution in [3.63, 3.8) is 0 Å². The standard InChI is InChI=1S/C19H30N4O/c1-22-13-14-23(18(15-22)16-7-3-2-4-8-16)12-6-11-21-19(24)17-9-5-10-20-17/h2-4,7-8,17-18,20H,5-6,9-15H2,1H3,(H,21,24)/t17-,18-/m1/s1. The van der Waals surface area contributed by atoms with Gasteiger partial charge in [-0.1, -0.05) is 30.3 Å². The van der Waals surface area contributed by atoms with E-state index < -0.39 is 0 Å². The summed E-state index contributed by atoms with van der Waals surface area (Å²) in [6, 6.07) is 11.3. The average Bonchev–Trinajstić information content (AvgIpc) is 3.15. The van der Waals surface area contributed by atoms with Crippen LogP contribution in [-0.2, 0) is 4.79 Å². The van der Waals surface area contributed by atoms with Crippen molar-refractivity contribution in [2.75, 3.05) is 46.3 Å². The second kappa shape index (κ2) is 8.60. The number of carbonyl (C=O) groups excluding carboxylic acids is 1. The number of amides is 1. The van der Waals surface area contributed by atoms with E-state index in [2.05, 4.69) is 57.8 Å². The van der Waals surface area contributed by atoms with Gasteiger partial charge in [-0.3, -0.25) is 9.69 Å². The molecule has 0 aliphatic carbocycles. The lowest BCUT2D eigenvalue weighted by Gasteiger charge is -2.40. The molecule has 2 aliphatic rings. The van der Waals surface area contributed by atoms with Gasteiger partial charge >= 0.3 is 0 Å². The zero-order chi connectivity index (χ0) is 16.8. The summed E-state index contributed by atoms with van der Waals surface area (Å²) in [5.41, 5.74) is 1.39. The lowest BCUT2D eigenvalue weighted by molar-refractivity contribution is -0.122. The Morgan fingerprint density at radius 2 is 2.12 bits per heavy atom. The van der Waals surface area contributed by atoms with E-state index in [1.54, 1.807) is 0 Å². The van der Waals surface area contributed by atoms with Crippen LogP contribution in [0.5, 0.6) is 0 Å². The fourth-order valence-corrected chi connectivity index (χ4v) is 3.74. The number of nitrogens with one attached hydrogen (secondary N) is 2. The molecular weight excluding hydrogens is 300 g/mol. The Balaban J connectivity index is 1.46. The van der Waals surface area contributed by atoms with Crippen molar-refractivity contribution in [2.45, 2.75) is 31.3 Å². The fourth-order valence-electron chi connectivity index (χ4n) is 3.74. The molecule has 2 saturated heterocycles. The molecule has 0 spiro atoms. The first-order valence-electron chi connectivity index (χ1n) is 9.22. The van der Waals surface area contributed by atoms with Crippen molar-refractivity contribution in [3.8, 4) is 0 Å². The first-order chi connectivity index (χ1) is 11.7. The zero-order valence-corrected chi connectivity index (χ0v) is 14.7. The second-order valence-corrected chi connectivity index (χ2v) is 7.02. The van der Waals surface area contributed by atoms with Crippen LogP contribution in [0.1, 0.15) is 30.9 Å². The Morgan fingerprint density at radius 1 is 1.29 bits per heavy atom. The molecule has 0 unspecified atom stereocenters. The highest BCUT2D eigenvalue weighted by Gasteiger charge is 2.26. The molecule has 2 atom stereocenters. The lowest BCUT2D eigenvalue weighted by atomic mass is 10.0. The summed E-state index contributed by atoms with van der Waals surface area (Å²) in [6.07, 6.45) is 3.09. The van der Waals surface area contributed by atoms with Crippen molar-refractivity contribution in [2.24, 2.45) is 0 Å². The van der Waals surface area contributed by atoms with Crippen molar-refractivity contribution in [3.05, 3.63) is 35.9 Å². The number of rotatable bonds is 6. The van der Waals surface area contributed by atoms with E-state index >= 15 is 0 Å². The first kappa shape index (κ1) is 17.4. The predicted molar refractivity (Wildman–Crippen MR) is 96.9 cm³/mol. The molecule has 132 valence electrons. The maximum absolute atomic E-state index is 12.0. The van der Waals surface area contributed by atoms with Crippen LogP contribution in [0, 0.1) is 0 Å². The van der Waals surface area contributed by atoms with Crippen molar-refractivity contribution in [1.82, 2.24) is 20.4 Å². The molecule has 1 amide bonds. The Kier molecular flexibility index (Phi) is 6.24. The summed E-state index contributed by atoms with van der Waals surface area (Å²) in [5, 5.41) is 6.34. The van der Waals surface area contributed by atoms with E-state index in [1.165, 1.54) is 5.56 Å². The van der Waals surface area contributed by atoms with Crippen molar-refractivity contribution in [1.29, 1.82) is 0 Å². The molecule has 5 nitrogen and oxygen atoms in total. The third-order valence-corrected chi connectivity index (χ3v) is 5.18. The molecular formula is C19H30N4O. The highest BCUT2D eigenvalue weighted by Crippen LogP contribution is 2.24. The zero-order valence-electron chi connectivity index (χ0n) is 14.7. The van der Waals surface area contributed by atoms with Gasteiger partial charge in [-0.25, -0.2) is 0 Å². The third kappa shape index (κ3) is 4.56. The van der Waals surface area contributed by atoms with Crippen LogP contribution in [0.2, 0.25) is 0 Å². The monoisotopic (exact) mass is 330 g/mol. The van der Waals surface area contributed by atoms with Crippen LogP contribution in [-0.4, -0.2) is 68.1 Å². The molecule has 2 heterocycles. The number of piperazine rings is 1. The molecule has 2 fully saturated rings. The normalized spacial score (nSPS) is 25.7. The van der Waals surface area contributed by atoms with Gasteiger partial charge in [0.05, 0.1) is 6.04 Å².